The van der Waals surface area contributed by atoms with E-state index in [-0.39, 0.29) is 34.5 Å². The van der Waals surface area contributed by atoms with Crippen molar-refractivity contribution < 1.29 is 29.7 Å². The molecule has 28 heavy (non-hydrogen) atoms. The lowest BCUT2D eigenvalue weighted by molar-refractivity contribution is 0.0692. The van der Waals surface area contributed by atoms with E-state index in [9.17, 15) is 24.6 Å². The van der Waals surface area contributed by atoms with Gasteiger partial charge in [-0.2, -0.15) is 0 Å². The third-order valence-electron chi connectivity index (χ3n) is 4.38. The van der Waals surface area contributed by atoms with Crippen molar-refractivity contribution in [1.29, 1.82) is 0 Å². The molecule has 0 saturated carbocycles. The summed E-state index contributed by atoms with van der Waals surface area (Å²) in [5.74, 6) is -3.68. The van der Waals surface area contributed by atoms with Crippen LogP contribution in [-0.2, 0) is 0 Å². The van der Waals surface area contributed by atoms with E-state index >= 15 is 0 Å². The standard InChI is InChI=1S/C21H23NO6/c1-11(2)22(12(3)4)14-6-8-16(18(23)10-14)19(24)15-7-5-13(20(25)26)9-17(15)21(27)28/h5-12,23H,1-4H3,(H,25,26)(H,27,28). The first-order valence-electron chi connectivity index (χ1n) is 8.81. The van der Waals surface area contributed by atoms with E-state index in [0.717, 1.165) is 23.9 Å². The van der Waals surface area contributed by atoms with Gasteiger partial charge >= 0.3 is 11.9 Å². The summed E-state index contributed by atoms with van der Waals surface area (Å²) in [7, 11) is 0. The molecule has 0 atom stereocenters. The zero-order valence-electron chi connectivity index (χ0n) is 16.1. The Hall–Kier alpha value is -3.35. The van der Waals surface area contributed by atoms with Gasteiger partial charge in [0.25, 0.3) is 0 Å². The van der Waals surface area contributed by atoms with Crippen LogP contribution in [0.4, 0.5) is 5.69 Å². The van der Waals surface area contributed by atoms with Gasteiger partial charge in [0.15, 0.2) is 5.78 Å². The molecule has 0 heterocycles. The molecular weight excluding hydrogens is 362 g/mol. The van der Waals surface area contributed by atoms with Crippen molar-refractivity contribution in [2.75, 3.05) is 4.90 Å². The molecule has 7 nitrogen and oxygen atoms in total. The van der Waals surface area contributed by atoms with Gasteiger partial charge in [-0.15, -0.1) is 0 Å². The van der Waals surface area contributed by atoms with Gasteiger partial charge < -0.3 is 20.2 Å². The molecular formula is C21H23NO6. The molecule has 0 aliphatic heterocycles. The Kier molecular flexibility index (Phi) is 6.08. The lowest BCUT2D eigenvalue weighted by atomic mass is 9.95. The molecule has 2 aromatic carbocycles. The Morgan fingerprint density at radius 3 is 1.82 bits per heavy atom. The maximum absolute atomic E-state index is 12.8. The first-order valence-corrected chi connectivity index (χ1v) is 8.81. The molecule has 0 spiro atoms. The summed E-state index contributed by atoms with van der Waals surface area (Å²) in [6.45, 7) is 8.05. The number of phenolic OH excluding ortho intramolecular Hbond substituents is 1. The number of carboxylic acids is 2. The van der Waals surface area contributed by atoms with E-state index in [0.29, 0.717) is 0 Å². The summed E-state index contributed by atoms with van der Waals surface area (Å²) in [5, 5.41) is 28.8. The fourth-order valence-corrected chi connectivity index (χ4v) is 3.26. The van der Waals surface area contributed by atoms with Gasteiger partial charge in [0.2, 0.25) is 0 Å². The second-order valence-corrected chi connectivity index (χ2v) is 7.00. The summed E-state index contributed by atoms with van der Waals surface area (Å²) in [5.41, 5.74) is -0.178. The van der Waals surface area contributed by atoms with E-state index in [1.165, 1.54) is 12.1 Å². The van der Waals surface area contributed by atoms with E-state index < -0.39 is 23.3 Å². The molecule has 0 aliphatic carbocycles. The van der Waals surface area contributed by atoms with Gasteiger partial charge in [0, 0.05) is 29.4 Å². The molecule has 0 bridgehead atoms. The molecule has 0 saturated heterocycles. The number of phenols is 1. The van der Waals surface area contributed by atoms with Crippen LogP contribution < -0.4 is 4.90 Å². The third kappa shape index (κ3) is 4.14. The number of aromatic hydroxyl groups is 1. The maximum Gasteiger partial charge on any atom is 0.336 e. The van der Waals surface area contributed by atoms with Gasteiger partial charge in [-0.1, -0.05) is 0 Å². The van der Waals surface area contributed by atoms with Crippen molar-refractivity contribution >= 4 is 23.4 Å². The van der Waals surface area contributed by atoms with Crippen LogP contribution in [0.5, 0.6) is 5.75 Å². The molecule has 0 fully saturated rings. The fourth-order valence-electron chi connectivity index (χ4n) is 3.26. The Morgan fingerprint density at radius 2 is 1.36 bits per heavy atom. The van der Waals surface area contributed by atoms with E-state index in [1.807, 2.05) is 27.7 Å². The number of carboxylic acid groups (broad SMARTS) is 2. The van der Waals surface area contributed by atoms with Crippen LogP contribution in [0.2, 0.25) is 0 Å². The van der Waals surface area contributed by atoms with Gasteiger partial charge in [-0.25, -0.2) is 9.59 Å². The Bertz CT molecular complexity index is 924. The van der Waals surface area contributed by atoms with E-state index in [4.69, 9.17) is 5.11 Å². The minimum absolute atomic E-state index is 0.0539. The second kappa shape index (κ2) is 8.12. The highest BCUT2D eigenvalue weighted by atomic mass is 16.4. The number of hydrogen-bond donors (Lipinski definition) is 3. The highest BCUT2D eigenvalue weighted by Gasteiger charge is 2.23. The minimum Gasteiger partial charge on any atom is -0.507 e. The average Bonchev–Trinajstić information content (AvgIpc) is 2.60. The van der Waals surface area contributed by atoms with Crippen molar-refractivity contribution in [3.8, 4) is 5.75 Å². The monoisotopic (exact) mass is 385 g/mol. The smallest absolute Gasteiger partial charge is 0.336 e. The summed E-state index contributed by atoms with van der Waals surface area (Å²) < 4.78 is 0. The lowest BCUT2D eigenvalue weighted by Crippen LogP contribution is -2.36. The molecule has 7 heteroatoms. The van der Waals surface area contributed by atoms with E-state index in [1.54, 1.807) is 6.07 Å². The van der Waals surface area contributed by atoms with Crippen molar-refractivity contribution in [3.05, 3.63) is 58.7 Å². The van der Waals surface area contributed by atoms with Crippen LogP contribution in [0.15, 0.2) is 36.4 Å². The van der Waals surface area contributed by atoms with Gasteiger partial charge in [-0.3, -0.25) is 4.79 Å². The average molecular weight is 385 g/mol. The van der Waals surface area contributed by atoms with Crippen LogP contribution >= 0.6 is 0 Å². The normalized spacial score (nSPS) is 10.9. The number of rotatable bonds is 7. The Morgan fingerprint density at radius 1 is 0.786 bits per heavy atom. The number of aromatic carboxylic acids is 2. The van der Waals surface area contributed by atoms with Gasteiger partial charge in [0.1, 0.15) is 5.75 Å². The highest BCUT2D eigenvalue weighted by Crippen LogP contribution is 2.30. The Balaban J connectivity index is 2.50. The Labute approximate surface area is 162 Å². The topological polar surface area (TPSA) is 115 Å². The largest absolute Gasteiger partial charge is 0.507 e. The molecule has 0 amide bonds. The van der Waals surface area contributed by atoms with Crippen molar-refractivity contribution in [2.24, 2.45) is 0 Å². The summed E-state index contributed by atoms with van der Waals surface area (Å²) in [6.07, 6.45) is 0. The van der Waals surface area contributed by atoms with Crippen molar-refractivity contribution in [1.82, 2.24) is 0 Å². The highest BCUT2D eigenvalue weighted by molar-refractivity contribution is 6.16. The molecule has 3 N–H and O–H groups in total. The van der Waals surface area contributed by atoms with Crippen LogP contribution in [0, 0.1) is 0 Å². The predicted molar refractivity (Wildman–Crippen MR) is 105 cm³/mol. The number of carbonyl (C=O) groups is 3. The molecule has 0 unspecified atom stereocenters. The number of ketones is 1. The molecule has 2 aromatic rings. The third-order valence-corrected chi connectivity index (χ3v) is 4.38. The van der Waals surface area contributed by atoms with Crippen LogP contribution in [0.25, 0.3) is 0 Å². The molecule has 0 radical (unpaired) electrons. The van der Waals surface area contributed by atoms with Crippen molar-refractivity contribution in [2.45, 2.75) is 39.8 Å². The van der Waals surface area contributed by atoms with Gasteiger partial charge in [-0.05, 0) is 58.0 Å². The SMILES string of the molecule is CC(C)N(c1ccc(C(=O)c2ccc(C(=O)O)cc2C(=O)O)c(O)c1)C(C)C. The molecule has 0 aliphatic rings. The van der Waals surface area contributed by atoms with Crippen LogP contribution in [0.3, 0.4) is 0 Å². The number of hydrogen-bond acceptors (Lipinski definition) is 5. The number of anilines is 1. The number of carbonyl (C=O) groups excluding carboxylic acids is 1. The predicted octanol–water partition coefficient (Wildman–Crippen LogP) is 3.64. The van der Waals surface area contributed by atoms with Crippen molar-refractivity contribution in [3.63, 3.8) is 0 Å². The second-order valence-electron chi connectivity index (χ2n) is 7.00. The molecule has 148 valence electrons. The zero-order valence-corrected chi connectivity index (χ0v) is 16.1. The molecule has 0 aromatic heterocycles. The summed E-state index contributed by atoms with van der Waals surface area (Å²) >= 11 is 0. The van der Waals surface area contributed by atoms with Crippen LogP contribution in [-0.4, -0.2) is 45.1 Å². The summed E-state index contributed by atoms with van der Waals surface area (Å²) in [6, 6.07) is 8.19. The minimum atomic E-state index is -1.42. The maximum atomic E-state index is 12.8. The van der Waals surface area contributed by atoms with Gasteiger partial charge in [0.05, 0.1) is 16.7 Å². The summed E-state index contributed by atoms with van der Waals surface area (Å²) in [4.78, 5) is 37.5. The number of benzene rings is 2. The zero-order chi connectivity index (χ0) is 21.2. The number of nitrogens with zero attached hydrogens (tertiary/aromatic N) is 1. The fraction of sp³-hybridized carbons (Fsp3) is 0.286. The lowest BCUT2D eigenvalue weighted by Gasteiger charge is -2.33. The van der Waals surface area contributed by atoms with E-state index in [2.05, 4.69) is 4.90 Å². The quantitative estimate of drug-likeness (QED) is 0.623. The first kappa shape index (κ1) is 21.0. The van der Waals surface area contributed by atoms with Crippen LogP contribution in [0.1, 0.15) is 64.3 Å². The molecule has 2 rings (SSSR count). The first-order chi connectivity index (χ1) is 13.0.